The summed E-state index contributed by atoms with van der Waals surface area (Å²) in [6.45, 7) is 0. The number of rotatable bonds is 4. The van der Waals surface area contributed by atoms with Crippen molar-refractivity contribution in [1.29, 1.82) is 0 Å². The van der Waals surface area contributed by atoms with Crippen LogP contribution in [0.25, 0.3) is 0 Å². The molecule has 2 atom stereocenters. The summed E-state index contributed by atoms with van der Waals surface area (Å²) in [5, 5.41) is 0. The zero-order chi connectivity index (χ0) is 13.0. The second-order valence-electron chi connectivity index (χ2n) is 4.14. The maximum atomic E-state index is 12.9. The van der Waals surface area contributed by atoms with Gasteiger partial charge in [0.1, 0.15) is 11.9 Å². The molecule has 0 heterocycles. The molecular formula is C15H16FNO. The van der Waals surface area contributed by atoms with E-state index in [0.717, 1.165) is 11.1 Å². The van der Waals surface area contributed by atoms with Gasteiger partial charge in [-0.1, -0.05) is 42.5 Å². The van der Waals surface area contributed by atoms with Crippen molar-refractivity contribution in [2.24, 2.45) is 5.73 Å². The smallest absolute Gasteiger partial charge is 0.123 e. The summed E-state index contributed by atoms with van der Waals surface area (Å²) < 4.78 is 18.3. The highest BCUT2D eigenvalue weighted by Gasteiger charge is 2.20. The maximum absolute atomic E-state index is 12.9. The van der Waals surface area contributed by atoms with Gasteiger partial charge in [0.2, 0.25) is 0 Å². The zero-order valence-corrected chi connectivity index (χ0v) is 10.2. The Bertz CT molecular complexity index is 484. The Labute approximate surface area is 106 Å². The molecule has 3 heteroatoms. The first-order valence-electron chi connectivity index (χ1n) is 5.81. The van der Waals surface area contributed by atoms with E-state index >= 15 is 0 Å². The molecule has 2 nitrogen and oxygen atoms in total. The molecule has 2 unspecified atom stereocenters. The Balaban J connectivity index is 2.25. The minimum absolute atomic E-state index is 0.239. The number of nitrogens with two attached hydrogens (primary N) is 1. The summed E-state index contributed by atoms with van der Waals surface area (Å²) in [7, 11) is 1.63. The van der Waals surface area contributed by atoms with Gasteiger partial charge in [-0.15, -0.1) is 0 Å². The van der Waals surface area contributed by atoms with E-state index in [2.05, 4.69) is 0 Å². The molecule has 0 aliphatic rings. The van der Waals surface area contributed by atoms with E-state index in [1.807, 2.05) is 30.3 Å². The highest BCUT2D eigenvalue weighted by molar-refractivity contribution is 5.26. The van der Waals surface area contributed by atoms with Gasteiger partial charge < -0.3 is 10.5 Å². The fraction of sp³-hybridized carbons (Fsp3) is 0.200. The Morgan fingerprint density at radius 3 is 2.11 bits per heavy atom. The molecule has 0 aliphatic carbocycles. The van der Waals surface area contributed by atoms with Crippen molar-refractivity contribution in [3.05, 3.63) is 71.5 Å². The molecule has 2 aromatic rings. The molecule has 0 radical (unpaired) electrons. The van der Waals surface area contributed by atoms with Crippen LogP contribution in [-0.4, -0.2) is 7.11 Å². The Hall–Kier alpha value is -1.71. The Kier molecular flexibility index (Phi) is 4.07. The summed E-state index contributed by atoms with van der Waals surface area (Å²) in [5.41, 5.74) is 8.05. The van der Waals surface area contributed by atoms with Crippen molar-refractivity contribution in [1.82, 2.24) is 0 Å². The third-order valence-electron chi connectivity index (χ3n) is 2.96. The standard InChI is InChI=1S/C15H16FNO/c1-18-15(12-5-3-2-4-6-12)14(17)11-7-9-13(16)10-8-11/h2-10,14-15H,17H2,1H3. The number of hydrogen-bond acceptors (Lipinski definition) is 2. The van der Waals surface area contributed by atoms with Gasteiger partial charge in [-0.05, 0) is 23.3 Å². The maximum Gasteiger partial charge on any atom is 0.123 e. The van der Waals surface area contributed by atoms with Crippen molar-refractivity contribution >= 4 is 0 Å². The lowest BCUT2D eigenvalue weighted by Gasteiger charge is -2.23. The number of methoxy groups -OCH3 is 1. The first-order valence-corrected chi connectivity index (χ1v) is 5.81. The van der Waals surface area contributed by atoms with E-state index in [0.29, 0.717) is 0 Å². The van der Waals surface area contributed by atoms with Crippen LogP contribution in [0.15, 0.2) is 54.6 Å². The van der Waals surface area contributed by atoms with E-state index in [-0.39, 0.29) is 18.0 Å². The lowest BCUT2D eigenvalue weighted by Crippen LogP contribution is -2.21. The van der Waals surface area contributed by atoms with Crippen LogP contribution in [0.4, 0.5) is 4.39 Å². The van der Waals surface area contributed by atoms with Crippen LogP contribution in [0.5, 0.6) is 0 Å². The van der Waals surface area contributed by atoms with Crippen LogP contribution in [0.2, 0.25) is 0 Å². The molecule has 0 fully saturated rings. The molecule has 0 bridgehead atoms. The van der Waals surface area contributed by atoms with E-state index < -0.39 is 0 Å². The van der Waals surface area contributed by atoms with Gasteiger partial charge in [0.25, 0.3) is 0 Å². The topological polar surface area (TPSA) is 35.2 Å². The Morgan fingerprint density at radius 2 is 1.56 bits per heavy atom. The minimum atomic E-state index is -0.321. The molecule has 2 aromatic carbocycles. The van der Waals surface area contributed by atoms with Gasteiger partial charge in [-0.25, -0.2) is 4.39 Å². The average molecular weight is 245 g/mol. The number of halogens is 1. The van der Waals surface area contributed by atoms with E-state index in [1.54, 1.807) is 19.2 Å². The van der Waals surface area contributed by atoms with Crippen molar-refractivity contribution in [2.75, 3.05) is 7.11 Å². The molecule has 0 aliphatic heterocycles. The van der Waals surface area contributed by atoms with Gasteiger partial charge in [-0.2, -0.15) is 0 Å². The highest BCUT2D eigenvalue weighted by atomic mass is 19.1. The summed E-state index contributed by atoms with van der Waals surface area (Å²) in [4.78, 5) is 0. The molecular weight excluding hydrogens is 229 g/mol. The number of hydrogen-bond donors (Lipinski definition) is 1. The largest absolute Gasteiger partial charge is 0.375 e. The van der Waals surface area contributed by atoms with Gasteiger partial charge in [0.05, 0.1) is 6.04 Å². The lowest BCUT2D eigenvalue weighted by atomic mass is 9.96. The van der Waals surface area contributed by atoms with Gasteiger partial charge in [0.15, 0.2) is 0 Å². The highest BCUT2D eigenvalue weighted by Crippen LogP contribution is 2.29. The van der Waals surface area contributed by atoms with Crippen molar-refractivity contribution in [3.8, 4) is 0 Å². The first kappa shape index (κ1) is 12.7. The Morgan fingerprint density at radius 1 is 0.944 bits per heavy atom. The van der Waals surface area contributed by atoms with Crippen molar-refractivity contribution in [2.45, 2.75) is 12.1 Å². The van der Waals surface area contributed by atoms with E-state index in [1.165, 1.54) is 12.1 Å². The normalized spacial score (nSPS) is 14.2. The molecule has 0 amide bonds. The molecule has 0 aromatic heterocycles. The molecule has 0 spiro atoms. The molecule has 0 saturated carbocycles. The second-order valence-corrected chi connectivity index (χ2v) is 4.14. The van der Waals surface area contributed by atoms with Crippen LogP contribution >= 0.6 is 0 Å². The van der Waals surface area contributed by atoms with Crippen LogP contribution in [-0.2, 0) is 4.74 Å². The second kappa shape index (κ2) is 5.76. The molecule has 0 saturated heterocycles. The zero-order valence-electron chi connectivity index (χ0n) is 10.2. The van der Waals surface area contributed by atoms with Crippen LogP contribution in [0.3, 0.4) is 0 Å². The quantitative estimate of drug-likeness (QED) is 0.897. The van der Waals surface area contributed by atoms with Crippen molar-refractivity contribution in [3.63, 3.8) is 0 Å². The summed E-state index contributed by atoms with van der Waals surface area (Å²) >= 11 is 0. The van der Waals surface area contributed by atoms with E-state index in [9.17, 15) is 4.39 Å². The van der Waals surface area contributed by atoms with Crippen LogP contribution < -0.4 is 5.73 Å². The predicted octanol–water partition coefficient (Wildman–Crippen LogP) is 3.21. The monoisotopic (exact) mass is 245 g/mol. The van der Waals surface area contributed by atoms with Gasteiger partial charge >= 0.3 is 0 Å². The molecule has 94 valence electrons. The SMILES string of the molecule is COC(c1ccccc1)C(N)c1ccc(F)cc1. The molecule has 18 heavy (non-hydrogen) atoms. The summed E-state index contributed by atoms with van der Waals surface area (Å²) in [6.07, 6.45) is -0.239. The van der Waals surface area contributed by atoms with E-state index in [4.69, 9.17) is 10.5 Å². The fourth-order valence-corrected chi connectivity index (χ4v) is 1.99. The summed E-state index contributed by atoms with van der Waals surface area (Å²) in [6, 6.07) is 15.6. The average Bonchev–Trinajstić information content (AvgIpc) is 2.41. The molecule has 2 rings (SSSR count). The third-order valence-corrected chi connectivity index (χ3v) is 2.96. The summed E-state index contributed by atoms with van der Waals surface area (Å²) in [5.74, 6) is -0.264. The van der Waals surface area contributed by atoms with Crippen LogP contribution in [0, 0.1) is 5.82 Å². The lowest BCUT2D eigenvalue weighted by molar-refractivity contribution is 0.0801. The first-order chi connectivity index (χ1) is 8.72. The molecule has 2 N–H and O–H groups in total. The number of ether oxygens (including phenoxy) is 1. The third kappa shape index (κ3) is 2.75. The predicted molar refractivity (Wildman–Crippen MR) is 69.5 cm³/mol. The van der Waals surface area contributed by atoms with Crippen LogP contribution in [0.1, 0.15) is 23.3 Å². The fourth-order valence-electron chi connectivity index (χ4n) is 1.99. The minimum Gasteiger partial charge on any atom is -0.375 e. The number of benzene rings is 2. The van der Waals surface area contributed by atoms with Crippen molar-refractivity contribution < 1.29 is 9.13 Å². The van der Waals surface area contributed by atoms with Gasteiger partial charge in [-0.3, -0.25) is 0 Å². The van der Waals surface area contributed by atoms with Gasteiger partial charge in [0, 0.05) is 7.11 Å².